The van der Waals surface area contributed by atoms with Crippen molar-refractivity contribution in [1.29, 1.82) is 0 Å². The molecule has 0 saturated carbocycles. The lowest BCUT2D eigenvalue weighted by Gasteiger charge is -2.09. The highest BCUT2D eigenvalue weighted by atomic mass is 16.2. The van der Waals surface area contributed by atoms with E-state index in [1.54, 1.807) is 0 Å². The van der Waals surface area contributed by atoms with E-state index < -0.39 is 0 Å². The molecule has 1 aromatic rings. The summed E-state index contributed by atoms with van der Waals surface area (Å²) in [4.78, 5) is 11.6. The third kappa shape index (κ3) is 2.87. The van der Waals surface area contributed by atoms with Gasteiger partial charge in [0.15, 0.2) is 0 Å². The first-order chi connectivity index (χ1) is 8.31. The second-order valence-electron chi connectivity index (χ2n) is 4.21. The van der Waals surface area contributed by atoms with Crippen molar-refractivity contribution < 1.29 is 4.79 Å². The van der Waals surface area contributed by atoms with Crippen molar-refractivity contribution in [3.8, 4) is 0 Å². The molecule has 2 amide bonds. The molecule has 0 radical (unpaired) electrons. The van der Waals surface area contributed by atoms with E-state index in [-0.39, 0.29) is 6.03 Å². The molecule has 3 nitrogen and oxygen atoms in total. The fourth-order valence-electron chi connectivity index (χ4n) is 1.95. The van der Waals surface area contributed by atoms with Crippen LogP contribution in [-0.2, 0) is 6.42 Å². The number of rotatable bonds is 4. The number of fused-ring (bicyclic) bond motifs is 1. The van der Waals surface area contributed by atoms with E-state index in [0.29, 0.717) is 0 Å². The normalized spacial score (nSPS) is 12.9. The van der Waals surface area contributed by atoms with Gasteiger partial charge in [0.2, 0.25) is 0 Å². The molecular formula is C14H18N2O. The average molecular weight is 230 g/mol. The van der Waals surface area contributed by atoms with Gasteiger partial charge < -0.3 is 10.6 Å². The zero-order chi connectivity index (χ0) is 12.1. The van der Waals surface area contributed by atoms with Gasteiger partial charge in [-0.3, -0.25) is 0 Å². The highest BCUT2D eigenvalue weighted by Gasteiger charge is 2.14. The number of nitrogens with one attached hydrogen (secondary N) is 2. The minimum Gasteiger partial charge on any atom is -0.338 e. The fraction of sp³-hybridized carbons (Fsp3) is 0.357. The van der Waals surface area contributed by atoms with Crippen molar-refractivity contribution in [3.63, 3.8) is 0 Å². The van der Waals surface area contributed by atoms with Gasteiger partial charge >= 0.3 is 6.03 Å². The maximum Gasteiger partial charge on any atom is 0.319 e. The summed E-state index contributed by atoms with van der Waals surface area (Å²) in [6.45, 7) is 2.84. The van der Waals surface area contributed by atoms with Crippen LogP contribution < -0.4 is 10.6 Å². The topological polar surface area (TPSA) is 41.1 Å². The van der Waals surface area contributed by atoms with Crippen LogP contribution in [0.2, 0.25) is 0 Å². The number of carbonyl (C=O) groups excluding carboxylic acids is 1. The van der Waals surface area contributed by atoms with Gasteiger partial charge in [0.1, 0.15) is 0 Å². The monoisotopic (exact) mass is 230 g/mol. The van der Waals surface area contributed by atoms with Crippen LogP contribution >= 0.6 is 0 Å². The Morgan fingerprint density at radius 2 is 2.18 bits per heavy atom. The van der Waals surface area contributed by atoms with Crippen LogP contribution in [0.1, 0.15) is 30.9 Å². The Labute approximate surface area is 102 Å². The molecule has 2 rings (SSSR count). The Hall–Kier alpha value is -1.77. The largest absolute Gasteiger partial charge is 0.338 e. The van der Waals surface area contributed by atoms with E-state index >= 15 is 0 Å². The molecule has 1 aliphatic carbocycles. The molecule has 0 unspecified atom stereocenters. The van der Waals surface area contributed by atoms with Crippen molar-refractivity contribution in [3.05, 3.63) is 41.5 Å². The standard InChI is InChI=1S/C14H18N2O/c1-2-3-10-15-14(17)16-13-9-8-11-6-4-5-7-12(11)13/h4-7,9H,2-3,8,10H2,1H3,(H2,15,16,17). The molecule has 0 aromatic heterocycles. The van der Waals surface area contributed by atoms with Crippen molar-refractivity contribution in [2.24, 2.45) is 0 Å². The highest BCUT2D eigenvalue weighted by Crippen LogP contribution is 2.24. The number of urea groups is 1. The zero-order valence-electron chi connectivity index (χ0n) is 10.1. The van der Waals surface area contributed by atoms with Gasteiger partial charge in [-0.2, -0.15) is 0 Å². The van der Waals surface area contributed by atoms with Crippen molar-refractivity contribution in [2.75, 3.05) is 6.54 Å². The summed E-state index contributed by atoms with van der Waals surface area (Å²) >= 11 is 0. The van der Waals surface area contributed by atoms with Gasteiger partial charge in [0, 0.05) is 17.8 Å². The second-order valence-corrected chi connectivity index (χ2v) is 4.21. The summed E-state index contributed by atoms with van der Waals surface area (Å²) in [5, 5.41) is 5.76. The molecule has 0 aliphatic heterocycles. The first kappa shape index (κ1) is 11.7. The number of allylic oxidation sites excluding steroid dienone is 1. The van der Waals surface area contributed by atoms with Crippen LogP contribution in [0.5, 0.6) is 0 Å². The van der Waals surface area contributed by atoms with E-state index in [0.717, 1.165) is 37.1 Å². The predicted molar refractivity (Wildman–Crippen MR) is 69.6 cm³/mol. The van der Waals surface area contributed by atoms with Gasteiger partial charge in [-0.05, 0) is 18.4 Å². The fourth-order valence-corrected chi connectivity index (χ4v) is 1.95. The summed E-state index contributed by atoms with van der Waals surface area (Å²) in [6, 6.07) is 8.04. The molecule has 1 aliphatic rings. The van der Waals surface area contributed by atoms with Crippen molar-refractivity contribution in [2.45, 2.75) is 26.2 Å². The molecule has 0 atom stereocenters. The lowest BCUT2D eigenvalue weighted by molar-refractivity contribution is 0.244. The summed E-state index contributed by atoms with van der Waals surface area (Å²) in [6.07, 6.45) is 5.07. The Balaban J connectivity index is 1.91. The van der Waals surface area contributed by atoms with Gasteiger partial charge in [0.25, 0.3) is 0 Å². The maximum atomic E-state index is 11.6. The molecule has 0 spiro atoms. The number of amides is 2. The Bertz CT molecular complexity index is 438. The van der Waals surface area contributed by atoms with E-state index in [2.05, 4.69) is 29.7 Å². The first-order valence-electron chi connectivity index (χ1n) is 6.14. The number of carbonyl (C=O) groups is 1. The van der Waals surface area contributed by atoms with Crippen LogP contribution in [0.3, 0.4) is 0 Å². The Kier molecular flexibility index (Phi) is 3.81. The average Bonchev–Trinajstić information content (AvgIpc) is 2.73. The van der Waals surface area contributed by atoms with Crippen molar-refractivity contribution in [1.82, 2.24) is 10.6 Å². The van der Waals surface area contributed by atoms with E-state index in [9.17, 15) is 4.79 Å². The van der Waals surface area contributed by atoms with Gasteiger partial charge in [0.05, 0.1) is 0 Å². The molecule has 2 N–H and O–H groups in total. The summed E-state index contributed by atoms with van der Waals surface area (Å²) in [7, 11) is 0. The summed E-state index contributed by atoms with van der Waals surface area (Å²) < 4.78 is 0. The molecule has 0 heterocycles. The van der Waals surface area contributed by atoms with Crippen LogP contribution in [0, 0.1) is 0 Å². The van der Waals surface area contributed by atoms with Crippen LogP contribution in [-0.4, -0.2) is 12.6 Å². The zero-order valence-corrected chi connectivity index (χ0v) is 10.1. The third-order valence-electron chi connectivity index (χ3n) is 2.90. The molecule has 0 fully saturated rings. The number of hydrogen-bond acceptors (Lipinski definition) is 1. The van der Waals surface area contributed by atoms with E-state index in [1.165, 1.54) is 5.56 Å². The van der Waals surface area contributed by atoms with E-state index in [4.69, 9.17) is 0 Å². The number of hydrogen-bond donors (Lipinski definition) is 2. The van der Waals surface area contributed by atoms with E-state index in [1.807, 2.05) is 18.2 Å². The van der Waals surface area contributed by atoms with Crippen molar-refractivity contribution >= 4 is 11.7 Å². The minimum atomic E-state index is -0.110. The lowest BCUT2D eigenvalue weighted by Crippen LogP contribution is -2.34. The minimum absolute atomic E-state index is 0.110. The van der Waals surface area contributed by atoms with Gasteiger partial charge in [-0.15, -0.1) is 0 Å². The Morgan fingerprint density at radius 3 is 3.00 bits per heavy atom. The molecular weight excluding hydrogens is 212 g/mol. The summed E-state index contributed by atoms with van der Waals surface area (Å²) in [5.74, 6) is 0. The maximum absolute atomic E-state index is 11.6. The molecule has 90 valence electrons. The SMILES string of the molecule is CCCCNC(=O)NC1=CCc2ccccc21. The number of benzene rings is 1. The number of unbranched alkanes of at least 4 members (excludes halogenated alkanes) is 1. The lowest BCUT2D eigenvalue weighted by atomic mass is 10.1. The predicted octanol–water partition coefficient (Wildman–Crippen LogP) is 2.68. The smallest absolute Gasteiger partial charge is 0.319 e. The second kappa shape index (κ2) is 5.53. The quantitative estimate of drug-likeness (QED) is 0.767. The highest BCUT2D eigenvalue weighted by molar-refractivity contribution is 5.87. The van der Waals surface area contributed by atoms with Crippen LogP contribution in [0.4, 0.5) is 4.79 Å². The molecule has 17 heavy (non-hydrogen) atoms. The molecule has 3 heteroatoms. The third-order valence-corrected chi connectivity index (χ3v) is 2.90. The molecule has 0 bridgehead atoms. The Morgan fingerprint density at radius 1 is 1.35 bits per heavy atom. The van der Waals surface area contributed by atoms with Gasteiger partial charge in [-0.1, -0.05) is 43.7 Å². The molecule has 0 saturated heterocycles. The summed E-state index contributed by atoms with van der Waals surface area (Å²) in [5.41, 5.74) is 3.34. The first-order valence-corrected chi connectivity index (χ1v) is 6.14. The van der Waals surface area contributed by atoms with Crippen LogP contribution in [0.25, 0.3) is 5.70 Å². The van der Waals surface area contributed by atoms with Gasteiger partial charge in [-0.25, -0.2) is 4.79 Å². The van der Waals surface area contributed by atoms with Crippen LogP contribution in [0.15, 0.2) is 30.3 Å². The molecule has 1 aromatic carbocycles.